The molecule has 0 aromatic carbocycles. The second kappa shape index (κ2) is 3.05. The van der Waals surface area contributed by atoms with E-state index in [0.717, 1.165) is 23.9 Å². The topological polar surface area (TPSA) is 40.5 Å². The van der Waals surface area contributed by atoms with E-state index < -0.39 is 7.12 Å². The van der Waals surface area contributed by atoms with Gasteiger partial charge in [0.15, 0.2) is 0 Å². The lowest BCUT2D eigenvalue weighted by Gasteiger charge is -2.11. The van der Waals surface area contributed by atoms with Crippen LogP contribution in [0.1, 0.15) is 16.9 Å². The Kier molecular flexibility index (Phi) is 2.04. The molecule has 1 aromatic rings. The molecular formula is C8H9BO2S. The molecule has 0 spiro atoms. The Bertz CT molecular complexity index is 317. The van der Waals surface area contributed by atoms with E-state index in [2.05, 4.69) is 0 Å². The molecule has 1 aromatic heterocycles. The number of fused-ring (bicyclic) bond motifs is 1. The molecule has 1 aliphatic rings. The summed E-state index contributed by atoms with van der Waals surface area (Å²) in [6.45, 7) is 0. The highest BCUT2D eigenvalue weighted by Gasteiger charge is 2.19. The molecule has 62 valence electrons. The molecule has 2 N–H and O–H groups in total. The van der Waals surface area contributed by atoms with Gasteiger partial charge in [-0.3, -0.25) is 0 Å². The number of hydrogen-bond donors (Lipinski definition) is 2. The summed E-state index contributed by atoms with van der Waals surface area (Å²) in [7, 11) is -1.28. The fourth-order valence-corrected chi connectivity index (χ4v) is 2.28. The minimum atomic E-state index is -1.28. The average molecular weight is 180 g/mol. The van der Waals surface area contributed by atoms with E-state index in [1.54, 1.807) is 11.3 Å². The third-order valence-corrected chi connectivity index (χ3v) is 3.09. The van der Waals surface area contributed by atoms with Crippen LogP contribution in [0.5, 0.6) is 0 Å². The Hall–Kier alpha value is -0.575. The van der Waals surface area contributed by atoms with Crippen LogP contribution < -0.4 is 0 Å². The minimum absolute atomic E-state index is 0.723. The van der Waals surface area contributed by atoms with Crippen molar-refractivity contribution in [1.82, 2.24) is 0 Å². The van der Waals surface area contributed by atoms with Crippen molar-refractivity contribution in [2.75, 3.05) is 0 Å². The summed E-state index contributed by atoms with van der Waals surface area (Å²) in [5.41, 5.74) is 1.87. The lowest BCUT2D eigenvalue weighted by molar-refractivity contribution is 0.417. The number of thiophene rings is 1. The van der Waals surface area contributed by atoms with Crippen molar-refractivity contribution in [3.05, 3.63) is 27.4 Å². The van der Waals surface area contributed by atoms with Crippen LogP contribution in [-0.4, -0.2) is 17.2 Å². The van der Waals surface area contributed by atoms with Gasteiger partial charge in [0, 0.05) is 4.88 Å². The molecule has 0 amide bonds. The summed E-state index contributed by atoms with van der Waals surface area (Å²) in [6, 6.07) is 2.02. The van der Waals surface area contributed by atoms with Crippen LogP contribution in [0.4, 0.5) is 0 Å². The van der Waals surface area contributed by atoms with E-state index >= 15 is 0 Å². The predicted octanol–water partition coefficient (Wildman–Crippen LogP) is 1.09. The molecule has 2 nitrogen and oxygen atoms in total. The van der Waals surface area contributed by atoms with Gasteiger partial charge in [-0.15, -0.1) is 11.3 Å². The fraction of sp³-hybridized carbons (Fsp3) is 0.250. The molecule has 0 fully saturated rings. The molecule has 1 heterocycles. The number of hydrogen-bond acceptors (Lipinski definition) is 3. The van der Waals surface area contributed by atoms with Gasteiger partial charge >= 0.3 is 7.12 Å². The van der Waals surface area contributed by atoms with Crippen LogP contribution in [-0.2, 0) is 6.42 Å². The normalized spacial score (nSPS) is 15.3. The summed E-state index contributed by atoms with van der Waals surface area (Å²) in [6.07, 6.45) is 3.58. The molecule has 2 rings (SSSR count). The quantitative estimate of drug-likeness (QED) is 0.635. The summed E-state index contributed by atoms with van der Waals surface area (Å²) >= 11 is 1.73. The Morgan fingerprint density at radius 2 is 2.17 bits per heavy atom. The van der Waals surface area contributed by atoms with Crippen molar-refractivity contribution in [3.63, 3.8) is 0 Å². The zero-order valence-corrected chi connectivity index (χ0v) is 7.34. The maximum absolute atomic E-state index is 8.93. The molecule has 0 unspecified atom stereocenters. The molecule has 0 bridgehead atoms. The molecule has 0 atom stereocenters. The first kappa shape index (κ1) is 8.04. The molecule has 0 aliphatic heterocycles. The SMILES string of the molecule is OB(O)C1=Cc2ccsc2CC1. The van der Waals surface area contributed by atoms with Gasteiger partial charge in [0.05, 0.1) is 0 Å². The first-order valence-corrected chi connectivity index (χ1v) is 4.78. The average Bonchev–Trinajstić information content (AvgIpc) is 2.49. The van der Waals surface area contributed by atoms with Crippen LogP contribution in [0.3, 0.4) is 0 Å². The smallest absolute Gasteiger partial charge is 0.423 e. The second-order valence-electron chi connectivity index (χ2n) is 2.89. The lowest BCUT2D eigenvalue weighted by Crippen LogP contribution is -2.17. The van der Waals surface area contributed by atoms with Crippen LogP contribution in [0.15, 0.2) is 16.9 Å². The van der Waals surface area contributed by atoms with Crippen LogP contribution in [0.25, 0.3) is 6.08 Å². The van der Waals surface area contributed by atoms with Gasteiger partial charge in [-0.1, -0.05) is 6.08 Å². The van der Waals surface area contributed by atoms with Gasteiger partial charge in [0.2, 0.25) is 0 Å². The third-order valence-electron chi connectivity index (χ3n) is 2.09. The maximum Gasteiger partial charge on any atom is 0.484 e. The van der Waals surface area contributed by atoms with E-state index in [1.807, 2.05) is 17.5 Å². The van der Waals surface area contributed by atoms with Crippen molar-refractivity contribution in [1.29, 1.82) is 0 Å². The molecule has 0 saturated carbocycles. The van der Waals surface area contributed by atoms with Crippen molar-refractivity contribution in [2.24, 2.45) is 0 Å². The van der Waals surface area contributed by atoms with Gasteiger partial charge in [0.1, 0.15) is 0 Å². The molecule has 0 radical (unpaired) electrons. The van der Waals surface area contributed by atoms with Gasteiger partial charge in [-0.25, -0.2) is 0 Å². The Morgan fingerprint density at radius 3 is 2.92 bits per heavy atom. The zero-order valence-electron chi connectivity index (χ0n) is 6.53. The Balaban J connectivity index is 2.35. The number of allylic oxidation sites excluding steroid dienone is 1. The van der Waals surface area contributed by atoms with Crippen LogP contribution in [0, 0.1) is 0 Å². The van der Waals surface area contributed by atoms with E-state index in [9.17, 15) is 0 Å². The van der Waals surface area contributed by atoms with E-state index in [0.29, 0.717) is 0 Å². The minimum Gasteiger partial charge on any atom is -0.423 e. The zero-order chi connectivity index (χ0) is 8.55. The van der Waals surface area contributed by atoms with Crippen molar-refractivity contribution >= 4 is 24.5 Å². The van der Waals surface area contributed by atoms with E-state index in [-0.39, 0.29) is 0 Å². The highest BCUT2D eigenvalue weighted by Crippen LogP contribution is 2.28. The lowest BCUT2D eigenvalue weighted by atomic mass is 9.74. The highest BCUT2D eigenvalue weighted by atomic mass is 32.1. The largest absolute Gasteiger partial charge is 0.484 e. The second-order valence-corrected chi connectivity index (χ2v) is 3.89. The summed E-state index contributed by atoms with van der Waals surface area (Å²) < 4.78 is 0. The Morgan fingerprint density at radius 1 is 1.33 bits per heavy atom. The summed E-state index contributed by atoms with van der Waals surface area (Å²) in [5.74, 6) is 0. The van der Waals surface area contributed by atoms with Crippen molar-refractivity contribution in [2.45, 2.75) is 12.8 Å². The monoisotopic (exact) mass is 180 g/mol. The van der Waals surface area contributed by atoms with Crippen molar-refractivity contribution in [3.8, 4) is 0 Å². The number of rotatable bonds is 1. The van der Waals surface area contributed by atoms with Gasteiger partial charge in [-0.05, 0) is 35.3 Å². The molecule has 0 saturated heterocycles. The first-order chi connectivity index (χ1) is 5.77. The summed E-state index contributed by atoms with van der Waals surface area (Å²) in [5, 5.41) is 19.9. The van der Waals surface area contributed by atoms with Gasteiger partial charge in [0.25, 0.3) is 0 Å². The third kappa shape index (κ3) is 1.33. The molecule has 12 heavy (non-hydrogen) atoms. The Labute approximate surface area is 75.3 Å². The van der Waals surface area contributed by atoms with Crippen molar-refractivity contribution < 1.29 is 10.0 Å². The molecule has 4 heteroatoms. The fourth-order valence-electron chi connectivity index (χ4n) is 1.42. The van der Waals surface area contributed by atoms with Gasteiger partial charge < -0.3 is 10.0 Å². The predicted molar refractivity (Wildman–Crippen MR) is 50.8 cm³/mol. The van der Waals surface area contributed by atoms with Gasteiger partial charge in [-0.2, -0.15) is 0 Å². The highest BCUT2D eigenvalue weighted by molar-refractivity contribution is 7.10. The standard InChI is InChI=1S/C8H9BO2S/c10-9(11)7-1-2-8-6(5-7)3-4-12-8/h3-5,10-11H,1-2H2. The number of aryl methyl sites for hydroxylation is 1. The maximum atomic E-state index is 8.93. The summed E-state index contributed by atoms with van der Waals surface area (Å²) in [4.78, 5) is 1.35. The van der Waals surface area contributed by atoms with E-state index in [4.69, 9.17) is 10.0 Å². The first-order valence-electron chi connectivity index (χ1n) is 3.90. The molecular weight excluding hydrogens is 171 g/mol. The van der Waals surface area contributed by atoms with Crippen LogP contribution >= 0.6 is 11.3 Å². The molecule has 1 aliphatic carbocycles. The van der Waals surface area contributed by atoms with Crippen LogP contribution in [0.2, 0.25) is 0 Å². The van der Waals surface area contributed by atoms with E-state index in [1.165, 1.54) is 4.88 Å².